The highest BCUT2D eigenvalue weighted by atomic mass is 16.3. The molecule has 0 atom stereocenters. The highest BCUT2D eigenvalue weighted by Crippen LogP contribution is 2.34. The highest BCUT2D eigenvalue weighted by molar-refractivity contribution is 5.95. The molecule has 2 rings (SSSR count). The predicted molar refractivity (Wildman–Crippen MR) is 75.0 cm³/mol. The van der Waals surface area contributed by atoms with Crippen molar-refractivity contribution < 1.29 is 9.21 Å². The largest absolute Gasteiger partial charge is 0.469 e. The van der Waals surface area contributed by atoms with Crippen LogP contribution in [0.1, 0.15) is 55.1 Å². The molecule has 0 bridgehead atoms. The summed E-state index contributed by atoms with van der Waals surface area (Å²) in [5.41, 5.74) is 6.69. The van der Waals surface area contributed by atoms with Crippen molar-refractivity contribution >= 4 is 5.91 Å². The van der Waals surface area contributed by atoms with Crippen molar-refractivity contribution in [2.75, 3.05) is 13.1 Å². The third-order valence-corrected chi connectivity index (χ3v) is 4.28. The van der Waals surface area contributed by atoms with E-state index in [1.807, 2.05) is 6.92 Å². The van der Waals surface area contributed by atoms with E-state index >= 15 is 0 Å². The molecule has 0 saturated heterocycles. The fraction of sp³-hybridized carbons (Fsp3) is 0.667. The van der Waals surface area contributed by atoms with Crippen molar-refractivity contribution in [1.29, 1.82) is 0 Å². The number of nitrogens with two attached hydrogens (primary N) is 1. The van der Waals surface area contributed by atoms with Crippen molar-refractivity contribution in [3.05, 3.63) is 23.7 Å². The van der Waals surface area contributed by atoms with E-state index in [1.165, 1.54) is 19.3 Å². The van der Waals surface area contributed by atoms with E-state index in [4.69, 9.17) is 10.2 Å². The van der Waals surface area contributed by atoms with Crippen LogP contribution in [0.5, 0.6) is 0 Å². The van der Waals surface area contributed by atoms with Crippen LogP contribution in [0.25, 0.3) is 0 Å². The number of nitrogens with one attached hydrogen (secondary N) is 1. The molecule has 1 fully saturated rings. The molecule has 19 heavy (non-hydrogen) atoms. The molecule has 1 amide bonds. The van der Waals surface area contributed by atoms with E-state index < -0.39 is 0 Å². The zero-order chi connectivity index (χ0) is 13.7. The van der Waals surface area contributed by atoms with Crippen LogP contribution in [0.3, 0.4) is 0 Å². The molecule has 1 aliphatic carbocycles. The van der Waals surface area contributed by atoms with Gasteiger partial charge in [0.25, 0.3) is 5.91 Å². The van der Waals surface area contributed by atoms with Gasteiger partial charge < -0.3 is 15.5 Å². The lowest BCUT2D eigenvalue weighted by molar-refractivity contribution is 0.0912. The van der Waals surface area contributed by atoms with Crippen molar-refractivity contribution in [2.45, 2.75) is 45.4 Å². The van der Waals surface area contributed by atoms with Crippen LogP contribution in [0.15, 0.2) is 16.7 Å². The smallest absolute Gasteiger partial charge is 0.254 e. The number of furan rings is 1. The summed E-state index contributed by atoms with van der Waals surface area (Å²) in [4.78, 5) is 12.2. The van der Waals surface area contributed by atoms with E-state index in [0.29, 0.717) is 18.7 Å². The molecule has 0 spiro atoms. The summed E-state index contributed by atoms with van der Waals surface area (Å²) in [5, 5.41) is 3.04. The zero-order valence-corrected chi connectivity index (χ0v) is 11.7. The molecule has 4 nitrogen and oxygen atoms in total. The first-order chi connectivity index (χ1) is 9.21. The first-order valence-electron chi connectivity index (χ1n) is 7.25. The van der Waals surface area contributed by atoms with Crippen molar-refractivity contribution in [1.82, 2.24) is 5.32 Å². The van der Waals surface area contributed by atoms with E-state index in [9.17, 15) is 4.79 Å². The maximum absolute atomic E-state index is 12.2. The Morgan fingerprint density at radius 2 is 2.16 bits per heavy atom. The SMILES string of the molecule is CCc1occc1C(=O)NCC1(CN)CCCCC1. The number of rotatable bonds is 5. The topological polar surface area (TPSA) is 68.3 Å². The first kappa shape index (κ1) is 14.1. The van der Waals surface area contributed by atoms with Crippen molar-refractivity contribution in [2.24, 2.45) is 11.1 Å². The van der Waals surface area contributed by atoms with Gasteiger partial charge in [-0.15, -0.1) is 0 Å². The van der Waals surface area contributed by atoms with Gasteiger partial charge >= 0.3 is 0 Å². The van der Waals surface area contributed by atoms with Gasteiger partial charge in [-0.2, -0.15) is 0 Å². The summed E-state index contributed by atoms with van der Waals surface area (Å²) in [6, 6.07) is 1.74. The van der Waals surface area contributed by atoms with Gasteiger partial charge in [0, 0.05) is 13.0 Å². The number of hydrogen-bond donors (Lipinski definition) is 2. The average molecular weight is 264 g/mol. The Bertz CT molecular complexity index is 420. The summed E-state index contributed by atoms with van der Waals surface area (Å²) in [7, 11) is 0. The van der Waals surface area contributed by atoms with E-state index in [2.05, 4.69) is 5.32 Å². The van der Waals surface area contributed by atoms with E-state index in [1.54, 1.807) is 12.3 Å². The molecule has 1 aliphatic rings. The quantitative estimate of drug-likeness (QED) is 0.858. The summed E-state index contributed by atoms with van der Waals surface area (Å²) in [5.74, 6) is 0.715. The maximum Gasteiger partial charge on any atom is 0.254 e. The molecular formula is C15H24N2O2. The standard InChI is InChI=1S/C15H24N2O2/c1-2-13-12(6-9-19-13)14(18)17-11-15(10-16)7-4-3-5-8-15/h6,9H,2-5,7-8,10-11,16H2,1H3,(H,17,18). The second-order valence-electron chi connectivity index (χ2n) is 5.56. The van der Waals surface area contributed by atoms with Gasteiger partial charge in [0.2, 0.25) is 0 Å². The lowest BCUT2D eigenvalue weighted by Gasteiger charge is -2.36. The molecule has 3 N–H and O–H groups in total. The van der Waals surface area contributed by atoms with Crippen LogP contribution < -0.4 is 11.1 Å². The minimum absolute atomic E-state index is 0.0380. The number of carbonyl (C=O) groups is 1. The number of amides is 1. The molecular weight excluding hydrogens is 240 g/mol. The fourth-order valence-corrected chi connectivity index (χ4v) is 2.93. The van der Waals surface area contributed by atoms with Crippen molar-refractivity contribution in [3.63, 3.8) is 0 Å². The molecule has 0 unspecified atom stereocenters. The van der Waals surface area contributed by atoms with Gasteiger partial charge in [0.1, 0.15) is 5.76 Å². The summed E-state index contributed by atoms with van der Waals surface area (Å²) < 4.78 is 5.29. The summed E-state index contributed by atoms with van der Waals surface area (Å²) >= 11 is 0. The van der Waals surface area contributed by atoms with Crippen LogP contribution in [0, 0.1) is 5.41 Å². The van der Waals surface area contributed by atoms with Crippen LogP contribution in [-0.2, 0) is 6.42 Å². The van der Waals surface area contributed by atoms with Gasteiger partial charge in [-0.3, -0.25) is 4.79 Å². The van der Waals surface area contributed by atoms with Gasteiger partial charge in [0.05, 0.1) is 11.8 Å². The normalized spacial score (nSPS) is 18.2. The summed E-state index contributed by atoms with van der Waals surface area (Å²) in [6.45, 7) is 3.31. The van der Waals surface area contributed by atoms with Crippen LogP contribution in [0.4, 0.5) is 0 Å². The first-order valence-corrected chi connectivity index (χ1v) is 7.25. The predicted octanol–water partition coefficient (Wildman–Crippen LogP) is 2.48. The summed E-state index contributed by atoms with van der Waals surface area (Å²) in [6.07, 6.45) is 8.28. The molecule has 1 heterocycles. The number of carbonyl (C=O) groups excluding carboxylic acids is 1. The molecule has 106 valence electrons. The number of hydrogen-bond acceptors (Lipinski definition) is 3. The van der Waals surface area contributed by atoms with Gasteiger partial charge in [-0.1, -0.05) is 26.2 Å². The Morgan fingerprint density at radius 1 is 1.42 bits per heavy atom. The molecule has 1 aromatic rings. The third-order valence-electron chi connectivity index (χ3n) is 4.28. The van der Waals surface area contributed by atoms with Crippen LogP contribution >= 0.6 is 0 Å². The van der Waals surface area contributed by atoms with Gasteiger partial charge in [-0.25, -0.2) is 0 Å². The monoisotopic (exact) mass is 264 g/mol. The minimum atomic E-state index is -0.0380. The van der Waals surface area contributed by atoms with Crippen LogP contribution in [0.2, 0.25) is 0 Å². The van der Waals surface area contributed by atoms with Gasteiger partial charge in [0.15, 0.2) is 0 Å². The lowest BCUT2D eigenvalue weighted by Crippen LogP contribution is -2.43. The second-order valence-corrected chi connectivity index (χ2v) is 5.56. The van der Waals surface area contributed by atoms with Crippen LogP contribution in [-0.4, -0.2) is 19.0 Å². The zero-order valence-electron chi connectivity index (χ0n) is 11.7. The Hall–Kier alpha value is -1.29. The van der Waals surface area contributed by atoms with E-state index in [-0.39, 0.29) is 11.3 Å². The Morgan fingerprint density at radius 3 is 2.79 bits per heavy atom. The molecule has 0 aliphatic heterocycles. The molecule has 0 aromatic carbocycles. The van der Waals surface area contributed by atoms with E-state index in [0.717, 1.165) is 25.0 Å². The maximum atomic E-state index is 12.2. The number of aryl methyl sites for hydroxylation is 1. The fourth-order valence-electron chi connectivity index (χ4n) is 2.93. The lowest BCUT2D eigenvalue weighted by atomic mass is 9.74. The Kier molecular flexibility index (Phi) is 4.64. The molecule has 1 saturated carbocycles. The average Bonchev–Trinajstić information content (AvgIpc) is 2.94. The second kappa shape index (κ2) is 6.24. The molecule has 0 radical (unpaired) electrons. The van der Waals surface area contributed by atoms with Crippen molar-refractivity contribution in [3.8, 4) is 0 Å². The Labute approximate surface area is 114 Å². The van der Waals surface area contributed by atoms with Gasteiger partial charge in [-0.05, 0) is 30.9 Å². The Balaban J connectivity index is 1.95. The molecule has 1 aromatic heterocycles. The highest BCUT2D eigenvalue weighted by Gasteiger charge is 2.31. The minimum Gasteiger partial charge on any atom is -0.469 e. The molecule has 4 heteroatoms. The third kappa shape index (κ3) is 3.18.